The number of anilines is 1. The number of carbonyl (C=O) groups excluding carboxylic acids is 2. The van der Waals surface area contributed by atoms with E-state index in [1.807, 2.05) is 68.4 Å². The van der Waals surface area contributed by atoms with Gasteiger partial charge in [0.2, 0.25) is 11.8 Å². The average molecular weight is 573 g/mol. The molecule has 2 amide bonds. The van der Waals surface area contributed by atoms with Crippen molar-refractivity contribution in [2.24, 2.45) is 0 Å². The molecule has 0 fully saturated rings. The van der Waals surface area contributed by atoms with E-state index in [9.17, 15) is 14.0 Å². The van der Waals surface area contributed by atoms with Gasteiger partial charge in [-0.15, -0.1) is 11.8 Å². The van der Waals surface area contributed by atoms with E-state index in [2.05, 4.69) is 5.32 Å². The summed E-state index contributed by atoms with van der Waals surface area (Å²) in [5, 5.41) is 7.63. The van der Waals surface area contributed by atoms with Crippen LogP contribution in [0, 0.1) is 19.7 Å². The quantitative estimate of drug-likeness (QED) is 0.264. The summed E-state index contributed by atoms with van der Waals surface area (Å²) in [6.45, 7) is 4.85. The molecule has 5 rings (SSSR count). The first kappa shape index (κ1) is 28.6. The summed E-state index contributed by atoms with van der Waals surface area (Å²) in [6.07, 6.45) is 0.664. The summed E-state index contributed by atoms with van der Waals surface area (Å²) in [5.41, 5.74) is 5.95. The lowest BCUT2D eigenvalue weighted by Gasteiger charge is -2.24. The zero-order valence-electron chi connectivity index (χ0n) is 23.4. The maximum Gasteiger partial charge on any atom is 0.240 e. The lowest BCUT2D eigenvalue weighted by atomic mass is 9.99. The second-order valence-corrected chi connectivity index (χ2v) is 11.1. The first-order valence-corrected chi connectivity index (χ1v) is 14.6. The molecule has 1 atom stereocenters. The topological polar surface area (TPSA) is 76.5 Å². The van der Waals surface area contributed by atoms with E-state index >= 15 is 0 Å². The number of thioether (sulfide) groups is 1. The van der Waals surface area contributed by atoms with Crippen molar-refractivity contribution >= 4 is 29.4 Å². The lowest BCUT2D eigenvalue weighted by Crippen LogP contribution is -2.42. The summed E-state index contributed by atoms with van der Waals surface area (Å²) < 4.78 is 21.4. The van der Waals surface area contributed by atoms with Gasteiger partial charge in [-0.3, -0.25) is 14.5 Å². The fourth-order valence-electron chi connectivity index (χ4n) is 5.04. The summed E-state index contributed by atoms with van der Waals surface area (Å²) in [7, 11) is 1.62. The molecule has 1 aliphatic rings. The fraction of sp³-hybridized carbons (Fsp3) is 0.281. The standard InChI is InChI=1S/C32H33FN4O3S/c1-21-10-7-15-26(22(21)2)37-32-29(30(35-37)23-11-5-4-6-12-23)31(24-13-8-14-25(33)18-24)41-20-28(39)36(32)19-27(38)34-16-9-17-40-3/h4-8,10-15,18,31H,9,16-17,19-20H2,1-3H3,(H,34,38)/t31-/m0/s1. The summed E-state index contributed by atoms with van der Waals surface area (Å²) in [5.74, 6) is -0.198. The molecule has 41 heavy (non-hydrogen) atoms. The van der Waals surface area contributed by atoms with Crippen LogP contribution in [0.3, 0.4) is 0 Å². The van der Waals surface area contributed by atoms with E-state index in [0.29, 0.717) is 31.1 Å². The number of rotatable bonds is 9. The van der Waals surface area contributed by atoms with Crippen molar-refractivity contribution in [3.8, 4) is 16.9 Å². The maximum absolute atomic E-state index is 14.5. The normalized spacial score (nSPS) is 15.0. The number of aromatic nitrogens is 2. The van der Waals surface area contributed by atoms with E-state index < -0.39 is 5.25 Å². The highest BCUT2D eigenvalue weighted by atomic mass is 32.2. The van der Waals surface area contributed by atoms with Crippen LogP contribution < -0.4 is 10.2 Å². The zero-order valence-corrected chi connectivity index (χ0v) is 24.2. The third-order valence-corrected chi connectivity index (χ3v) is 8.50. The minimum absolute atomic E-state index is 0.119. The number of amides is 2. The van der Waals surface area contributed by atoms with Crippen molar-refractivity contribution < 1.29 is 18.7 Å². The van der Waals surface area contributed by atoms with Crippen LogP contribution in [0.2, 0.25) is 0 Å². The third-order valence-electron chi connectivity index (χ3n) is 7.24. The number of nitrogens with zero attached hydrogens (tertiary/aromatic N) is 3. The summed E-state index contributed by atoms with van der Waals surface area (Å²) in [4.78, 5) is 28.5. The van der Waals surface area contributed by atoms with E-state index in [0.717, 1.165) is 33.5 Å². The number of carbonyl (C=O) groups is 2. The smallest absolute Gasteiger partial charge is 0.240 e. The SMILES string of the molecule is COCCCNC(=O)CN1C(=O)CS[C@@H](c2cccc(F)c2)c2c(-c3ccccc3)nn(-c3cccc(C)c3C)c21. The molecule has 0 bridgehead atoms. The molecular formula is C32H33FN4O3S. The Morgan fingerprint density at radius 2 is 1.88 bits per heavy atom. The largest absolute Gasteiger partial charge is 0.385 e. The Labute approximate surface area is 243 Å². The molecule has 2 heterocycles. The van der Waals surface area contributed by atoms with Gasteiger partial charge in [-0.1, -0.05) is 54.6 Å². The molecule has 1 aliphatic heterocycles. The molecule has 0 radical (unpaired) electrons. The van der Waals surface area contributed by atoms with E-state index in [1.54, 1.807) is 17.9 Å². The van der Waals surface area contributed by atoms with Crippen LogP contribution in [0.1, 0.15) is 33.9 Å². The molecule has 7 nitrogen and oxygen atoms in total. The number of benzene rings is 3. The monoisotopic (exact) mass is 572 g/mol. The molecule has 0 saturated carbocycles. The third kappa shape index (κ3) is 6.06. The van der Waals surface area contributed by atoms with Crippen molar-refractivity contribution in [3.05, 3.63) is 101 Å². The minimum atomic E-state index is -0.395. The Balaban J connectivity index is 1.74. The molecule has 0 saturated heterocycles. The van der Waals surface area contributed by atoms with E-state index in [1.165, 1.54) is 28.8 Å². The number of nitrogens with one attached hydrogen (secondary N) is 1. The highest BCUT2D eigenvalue weighted by Crippen LogP contribution is 2.48. The Morgan fingerprint density at radius 3 is 2.63 bits per heavy atom. The van der Waals surface area contributed by atoms with Crippen molar-refractivity contribution in [2.45, 2.75) is 25.5 Å². The molecule has 212 valence electrons. The predicted octanol–water partition coefficient (Wildman–Crippen LogP) is 5.62. The van der Waals surface area contributed by atoms with Crippen molar-refractivity contribution in [3.63, 3.8) is 0 Å². The minimum Gasteiger partial charge on any atom is -0.385 e. The molecule has 1 aromatic heterocycles. The maximum atomic E-state index is 14.5. The van der Waals surface area contributed by atoms with Crippen LogP contribution in [0.5, 0.6) is 0 Å². The molecule has 0 aliphatic carbocycles. The van der Waals surface area contributed by atoms with Crippen LogP contribution in [0.4, 0.5) is 10.2 Å². The first-order chi connectivity index (χ1) is 19.9. The lowest BCUT2D eigenvalue weighted by molar-refractivity contribution is -0.122. The van der Waals surface area contributed by atoms with Crippen molar-refractivity contribution in [2.75, 3.05) is 37.5 Å². The molecule has 0 unspecified atom stereocenters. The van der Waals surface area contributed by atoms with Crippen molar-refractivity contribution in [1.82, 2.24) is 15.1 Å². The van der Waals surface area contributed by atoms with Gasteiger partial charge in [-0.2, -0.15) is 5.10 Å². The number of hydrogen-bond donors (Lipinski definition) is 1. The van der Waals surface area contributed by atoms with Gasteiger partial charge in [-0.25, -0.2) is 9.07 Å². The van der Waals surface area contributed by atoms with Crippen LogP contribution in [-0.2, 0) is 14.3 Å². The fourth-order valence-corrected chi connectivity index (χ4v) is 6.23. The van der Waals surface area contributed by atoms with Gasteiger partial charge in [0.15, 0.2) is 0 Å². The first-order valence-electron chi connectivity index (χ1n) is 13.6. The highest BCUT2D eigenvalue weighted by Gasteiger charge is 2.38. The van der Waals surface area contributed by atoms with Crippen molar-refractivity contribution in [1.29, 1.82) is 0 Å². The molecule has 9 heteroatoms. The van der Waals surface area contributed by atoms with Gasteiger partial charge in [0.05, 0.1) is 22.4 Å². The number of ether oxygens (including phenoxy) is 1. The highest BCUT2D eigenvalue weighted by molar-refractivity contribution is 8.00. The Bertz CT molecular complexity index is 1560. The van der Waals surface area contributed by atoms with E-state index in [4.69, 9.17) is 9.84 Å². The van der Waals surface area contributed by atoms with Gasteiger partial charge in [-0.05, 0) is 55.2 Å². The summed E-state index contributed by atoms with van der Waals surface area (Å²) >= 11 is 1.42. The predicted molar refractivity (Wildman–Crippen MR) is 161 cm³/mol. The average Bonchev–Trinajstić information content (AvgIpc) is 3.29. The molecule has 3 aromatic carbocycles. The number of fused-ring (bicyclic) bond motifs is 1. The molecule has 4 aromatic rings. The number of methoxy groups -OCH3 is 1. The Morgan fingerprint density at radius 1 is 1.10 bits per heavy atom. The molecular weight excluding hydrogens is 539 g/mol. The Hall–Kier alpha value is -3.95. The zero-order chi connectivity index (χ0) is 28.9. The number of halogens is 1. The number of aryl methyl sites for hydroxylation is 1. The van der Waals surface area contributed by atoms with Crippen LogP contribution in [0.15, 0.2) is 72.8 Å². The van der Waals surface area contributed by atoms with Crippen LogP contribution in [-0.4, -0.2) is 54.2 Å². The van der Waals surface area contributed by atoms with Gasteiger partial charge in [0, 0.05) is 31.4 Å². The second kappa shape index (κ2) is 12.7. The van der Waals surface area contributed by atoms with E-state index in [-0.39, 0.29) is 29.9 Å². The molecule has 1 N–H and O–H groups in total. The van der Waals surface area contributed by atoms with Gasteiger partial charge in [0.1, 0.15) is 18.2 Å². The van der Waals surface area contributed by atoms with Crippen LogP contribution in [0.25, 0.3) is 16.9 Å². The molecule has 0 spiro atoms. The Kier molecular flexibility index (Phi) is 8.85. The number of hydrogen-bond acceptors (Lipinski definition) is 5. The second-order valence-electron chi connectivity index (χ2n) is 10.0. The van der Waals surface area contributed by atoms with Gasteiger partial charge in [0.25, 0.3) is 0 Å². The van der Waals surface area contributed by atoms with Gasteiger partial charge >= 0.3 is 0 Å². The van der Waals surface area contributed by atoms with Gasteiger partial charge < -0.3 is 10.1 Å². The summed E-state index contributed by atoms with van der Waals surface area (Å²) in [6, 6.07) is 22.2. The van der Waals surface area contributed by atoms with Crippen LogP contribution >= 0.6 is 11.8 Å².